The average molecular weight is 267 g/mol. The Bertz CT molecular complexity index is 572. The molecule has 0 amide bonds. The molecule has 0 heterocycles. The Hall–Kier alpha value is -1.60. The van der Waals surface area contributed by atoms with E-state index in [2.05, 4.69) is 68.6 Å². The van der Waals surface area contributed by atoms with Gasteiger partial charge in [-0.25, -0.2) is 0 Å². The van der Waals surface area contributed by atoms with Crippen molar-refractivity contribution in [3.05, 3.63) is 70.3 Å². The fourth-order valence-corrected chi connectivity index (χ4v) is 2.87. The van der Waals surface area contributed by atoms with Crippen LogP contribution in [-0.2, 0) is 12.8 Å². The molecule has 1 heteroatoms. The SMILES string of the molecule is CCc1ccc(C(NC)c2cccc(C)c2)cc1CC. The van der Waals surface area contributed by atoms with Gasteiger partial charge in [0, 0.05) is 0 Å². The van der Waals surface area contributed by atoms with E-state index in [1.807, 2.05) is 7.05 Å². The zero-order valence-corrected chi connectivity index (χ0v) is 13.0. The third-order valence-corrected chi connectivity index (χ3v) is 3.99. The highest BCUT2D eigenvalue weighted by molar-refractivity contribution is 5.39. The first-order valence-corrected chi connectivity index (χ1v) is 7.55. The average Bonchev–Trinajstić information content (AvgIpc) is 2.48. The van der Waals surface area contributed by atoms with E-state index < -0.39 is 0 Å². The molecule has 0 aliphatic carbocycles. The van der Waals surface area contributed by atoms with Crippen molar-refractivity contribution in [2.24, 2.45) is 0 Å². The van der Waals surface area contributed by atoms with E-state index in [1.54, 1.807) is 0 Å². The Labute approximate surface area is 123 Å². The van der Waals surface area contributed by atoms with Gasteiger partial charge in [-0.1, -0.05) is 61.9 Å². The van der Waals surface area contributed by atoms with Crippen LogP contribution in [0.3, 0.4) is 0 Å². The lowest BCUT2D eigenvalue weighted by atomic mass is 9.93. The Morgan fingerprint density at radius 2 is 1.60 bits per heavy atom. The van der Waals surface area contributed by atoms with Crippen molar-refractivity contribution in [3.8, 4) is 0 Å². The molecule has 0 bridgehead atoms. The summed E-state index contributed by atoms with van der Waals surface area (Å²) >= 11 is 0. The zero-order valence-electron chi connectivity index (χ0n) is 13.0. The topological polar surface area (TPSA) is 12.0 Å². The summed E-state index contributed by atoms with van der Waals surface area (Å²) in [5.74, 6) is 0. The molecule has 2 aromatic rings. The van der Waals surface area contributed by atoms with Crippen LogP contribution < -0.4 is 5.32 Å². The fourth-order valence-electron chi connectivity index (χ4n) is 2.87. The van der Waals surface area contributed by atoms with E-state index in [-0.39, 0.29) is 6.04 Å². The third-order valence-electron chi connectivity index (χ3n) is 3.99. The Morgan fingerprint density at radius 3 is 2.20 bits per heavy atom. The molecule has 0 aliphatic rings. The first-order valence-electron chi connectivity index (χ1n) is 7.55. The van der Waals surface area contributed by atoms with Gasteiger partial charge in [0.1, 0.15) is 0 Å². The maximum atomic E-state index is 3.45. The predicted octanol–water partition coefficient (Wildman–Crippen LogP) is 4.43. The highest BCUT2D eigenvalue weighted by Gasteiger charge is 2.13. The predicted molar refractivity (Wildman–Crippen MR) is 87.3 cm³/mol. The fraction of sp³-hybridized carbons (Fsp3) is 0.368. The summed E-state index contributed by atoms with van der Waals surface area (Å²) < 4.78 is 0. The van der Waals surface area contributed by atoms with Gasteiger partial charge in [-0.3, -0.25) is 0 Å². The van der Waals surface area contributed by atoms with Crippen LogP contribution in [0.15, 0.2) is 42.5 Å². The second-order valence-corrected chi connectivity index (χ2v) is 5.37. The zero-order chi connectivity index (χ0) is 14.5. The number of rotatable bonds is 5. The number of benzene rings is 2. The Morgan fingerprint density at radius 1 is 0.900 bits per heavy atom. The smallest absolute Gasteiger partial charge is 0.0574 e. The highest BCUT2D eigenvalue weighted by Crippen LogP contribution is 2.25. The van der Waals surface area contributed by atoms with Gasteiger partial charge in [0.25, 0.3) is 0 Å². The minimum atomic E-state index is 0.270. The molecule has 1 atom stereocenters. The van der Waals surface area contributed by atoms with Crippen molar-refractivity contribution < 1.29 is 0 Å². The normalized spacial score (nSPS) is 12.4. The van der Waals surface area contributed by atoms with Crippen molar-refractivity contribution in [2.45, 2.75) is 39.7 Å². The van der Waals surface area contributed by atoms with Crippen molar-refractivity contribution in [1.82, 2.24) is 5.32 Å². The molecule has 0 spiro atoms. The second-order valence-electron chi connectivity index (χ2n) is 5.37. The minimum Gasteiger partial charge on any atom is -0.309 e. The van der Waals surface area contributed by atoms with Crippen LogP contribution in [0.4, 0.5) is 0 Å². The van der Waals surface area contributed by atoms with Crippen LogP contribution in [0, 0.1) is 6.92 Å². The Kier molecular flexibility index (Phi) is 4.97. The summed E-state index contributed by atoms with van der Waals surface area (Å²) in [7, 11) is 2.03. The molecule has 0 aromatic heterocycles. The van der Waals surface area contributed by atoms with Crippen molar-refractivity contribution in [3.63, 3.8) is 0 Å². The molecule has 0 fully saturated rings. The molecule has 20 heavy (non-hydrogen) atoms. The summed E-state index contributed by atoms with van der Waals surface area (Å²) in [5.41, 5.74) is 6.93. The van der Waals surface area contributed by atoms with Crippen molar-refractivity contribution in [1.29, 1.82) is 0 Å². The summed E-state index contributed by atoms with van der Waals surface area (Å²) in [4.78, 5) is 0. The van der Waals surface area contributed by atoms with E-state index in [1.165, 1.54) is 27.8 Å². The van der Waals surface area contributed by atoms with Crippen LogP contribution in [0.25, 0.3) is 0 Å². The van der Waals surface area contributed by atoms with Gasteiger partial charge in [-0.2, -0.15) is 0 Å². The maximum absolute atomic E-state index is 3.45. The number of aryl methyl sites for hydroxylation is 3. The molecular formula is C19H25N. The molecule has 1 N–H and O–H groups in total. The molecule has 0 saturated heterocycles. The van der Waals surface area contributed by atoms with Crippen LogP contribution in [0.2, 0.25) is 0 Å². The lowest BCUT2D eigenvalue weighted by Crippen LogP contribution is -2.18. The molecule has 1 unspecified atom stereocenters. The van der Waals surface area contributed by atoms with Crippen LogP contribution in [-0.4, -0.2) is 7.05 Å². The van der Waals surface area contributed by atoms with Crippen molar-refractivity contribution in [2.75, 3.05) is 7.05 Å². The molecule has 0 saturated carbocycles. The summed E-state index contributed by atoms with van der Waals surface area (Å²) in [5, 5.41) is 3.45. The largest absolute Gasteiger partial charge is 0.309 e. The minimum absolute atomic E-state index is 0.270. The molecule has 0 aliphatic heterocycles. The third kappa shape index (κ3) is 3.10. The van der Waals surface area contributed by atoms with Gasteiger partial charge < -0.3 is 5.32 Å². The molecule has 1 nitrogen and oxygen atoms in total. The van der Waals surface area contributed by atoms with E-state index in [0.29, 0.717) is 0 Å². The lowest BCUT2D eigenvalue weighted by molar-refractivity contribution is 0.689. The van der Waals surface area contributed by atoms with Gasteiger partial charge in [-0.05, 0) is 49.1 Å². The summed E-state index contributed by atoms with van der Waals surface area (Å²) in [6.07, 6.45) is 2.21. The van der Waals surface area contributed by atoms with E-state index in [0.717, 1.165) is 12.8 Å². The van der Waals surface area contributed by atoms with E-state index >= 15 is 0 Å². The molecule has 2 aromatic carbocycles. The Balaban J connectivity index is 2.41. The summed E-state index contributed by atoms with van der Waals surface area (Å²) in [6.45, 7) is 6.61. The molecule has 0 radical (unpaired) electrons. The standard InChI is InChI=1S/C19H25N/c1-5-15-10-11-18(13-16(15)6-2)19(20-4)17-9-7-8-14(3)12-17/h7-13,19-20H,5-6H2,1-4H3. The second kappa shape index (κ2) is 6.71. The molecule has 2 rings (SSSR count). The number of nitrogens with one attached hydrogen (secondary N) is 1. The lowest BCUT2D eigenvalue weighted by Gasteiger charge is -2.19. The van der Waals surface area contributed by atoms with E-state index in [9.17, 15) is 0 Å². The molecule has 106 valence electrons. The molecular weight excluding hydrogens is 242 g/mol. The van der Waals surface area contributed by atoms with Gasteiger partial charge in [0.05, 0.1) is 6.04 Å². The maximum Gasteiger partial charge on any atom is 0.0574 e. The van der Waals surface area contributed by atoms with Gasteiger partial charge in [0.2, 0.25) is 0 Å². The number of hydrogen-bond acceptors (Lipinski definition) is 1. The van der Waals surface area contributed by atoms with Crippen molar-refractivity contribution >= 4 is 0 Å². The van der Waals surface area contributed by atoms with Crippen LogP contribution in [0.1, 0.15) is 47.7 Å². The quantitative estimate of drug-likeness (QED) is 0.845. The van der Waals surface area contributed by atoms with E-state index in [4.69, 9.17) is 0 Å². The van der Waals surface area contributed by atoms with Gasteiger partial charge in [0.15, 0.2) is 0 Å². The first-order chi connectivity index (χ1) is 9.69. The first kappa shape index (κ1) is 14.8. The van der Waals surface area contributed by atoms with Gasteiger partial charge >= 0.3 is 0 Å². The van der Waals surface area contributed by atoms with Crippen LogP contribution >= 0.6 is 0 Å². The van der Waals surface area contributed by atoms with Crippen LogP contribution in [0.5, 0.6) is 0 Å². The summed E-state index contributed by atoms with van der Waals surface area (Å²) in [6, 6.07) is 15.9. The van der Waals surface area contributed by atoms with Gasteiger partial charge in [-0.15, -0.1) is 0 Å². The monoisotopic (exact) mass is 267 g/mol. The number of hydrogen-bond donors (Lipinski definition) is 1. The highest BCUT2D eigenvalue weighted by atomic mass is 14.9.